The van der Waals surface area contributed by atoms with E-state index in [-0.39, 0.29) is 17.5 Å². The highest BCUT2D eigenvalue weighted by atomic mass is 16.5. The monoisotopic (exact) mass is 408 g/mol. The lowest BCUT2D eigenvalue weighted by Gasteiger charge is -2.32. The number of nitrogens with one attached hydrogen (secondary N) is 2. The Morgan fingerprint density at radius 1 is 1.10 bits per heavy atom. The first kappa shape index (κ1) is 19.8. The smallest absolute Gasteiger partial charge is 0.316 e. The number of aromatic hydroxyl groups is 1. The molecule has 2 aromatic rings. The zero-order chi connectivity index (χ0) is 21.4. The van der Waals surface area contributed by atoms with Crippen molar-refractivity contribution in [2.45, 2.75) is 19.4 Å². The predicted octanol–water partition coefficient (Wildman–Crippen LogP) is 3.63. The van der Waals surface area contributed by atoms with Crippen LogP contribution in [0.1, 0.15) is 24.9 Å². The van der Waals surface area contributed by atoms with Crippen molar-refractivity contribution < 1.29 is 24.2 Å². The van der Waals surface area contributed by atoms with Gasteiger partial charge in [0.2, 0.25) is 0 Å². The molecule has 1 aliphatic heterocycles. The second kappa shape index (κ2) is 7.74. The zero-order valence-corrected chi connectivity index (χ0v) is 17.1. The predicted molar refractivity (Wildman–Crippen MR) is 112 cm³/mol. The van der Waals surface area contributed by atoms with Crippen LogP contribution in [0.3, 0.4) is 0 Å². The Kier molecular flexibility index (Phi) is 5.11. The van der Waals surface area contributed by atoms with Crippen LogP contribution < -0.4 is 15.4 Å². The van der Waals surface area contributed by atoms with Gasteiger partial charge < -0.3 is 25.2 Å². The maximum absolute atomic E-state index is 13.6. The van der Waals surface area contributed by atoms with E-state index in [1.54, 1.807) is 18.2 Å². The largest absolute Gasteiger partial charge is 0.504 e. The molecule has 3 N–H and O–H groups in total. The molecule has 156 valence electrons. The normalized spacial score (nSPS) is 22.8. The molecule has 7 heteroatoms. The highest BCUT2D eigenvalue weighted by molar-refractivity contribution is 6.11. The van der Waals surface area contributed by atoms with Gasteiger partial charge in [-0.3, -0.25) is 9.59 Å². The van der Waals surface area contributed by atoms with Gasteiger partial charge in [0.25, 0.3) is 0 Å². The molecule has 0 unspecified atom stereocenters. The number of carbonyl (C=O) groups excluding carboxylic acids is 2. The van der Waals surface area contributed by atoms with E-state index in [1.165, 1.54) is 14.2 Å². The molecule has 1 heterocycles. The van der Waals surface area contributed by atoms with Crippen molar-refractivity contribution in [3.8, 4) is 11.5 Å². The Bertz CT molecular complexity index is 1050. The number of esters is 1. The first-order valence-electron chi connectivity index (χ1n) is 9.79. The van der Waals surface area contributed by atoms with Crippen molar-refractivity contribution in [1.29, 1.82) is 0 Å². The number of hydrogen-bond acceptors (Lipinski definition) is 7. The van der Waals surface area contributed by atoms with Crippen LogP contribution in [0.4, 0.5) is 11.4 Å². The summed E-state index contributed by atoms with van der Waals surface area (Å²) in [7, 11) is 2.76. The average molecular weight is 408 g/mol. The first-order valence-corrected chi connectivity index (χ1v) is 9.79. The number of phenolic OH excluding ortho intramolecular Hbond substituents is 1. The summed E-state index contributed by atoms with van der Waals surface area (Å²) in [5.41, 5.74) is 3.26. The third-order valence-electron chi connectivity index (χ3n) is 5.79. The molecule has 2 aliphatic rings. The number of methoxy groups -OCH3 is 2. The Balaban J connectivity index is 1.91. The SMILES string of the molecule is COC(=O)[C@H]1C(=O)C2=C(C[C@H]1C)Nc1ccccc1N[C@@H]2c1cccc(OC)c1O. The Labute approximate surface area is 174 Å². The second-order valence-electron chi connectivity index (χ2n) is 7.58. The summed E-state index contributed by atoms with van der Waals surface area (Å²) in [6, 6.07) is 12.1. The van der Waals surface area contributed by atoms with E-state index in [0.29, 0.717) is 23.3 Å². The molecular weight excluding hydrogens is 384 g/mol. The fraction of sp³-hybridized carbons (Fsp3) is 0.304. The maximum Gasteiger partial charge on any atom is 0.316 e. The van der Waals surface area contributed by atoms with E-state index in [1.807, 2.05) is 31.2 Å². The van der Waals surface area contributed by atoms with Gasteiger partial charge in [-0.15, -0.1) is 0 Å². The van der Waals surface area contributed by atoms with Gasteiger partial charge in [-0.25, -0.2) is 0 Å². The van der Waals surface area contributed by atoms with Crippen molar-refractivity contribution in [2.24, 2.45) is 11.8 Å². The molecule has 0 spiro atoms. The number of anilines is 2. The number of benzene rings is 2. The van der Waals surface area contributed by atoms with E-state index in [9.17, 15) is 14.7 Å². The van der Waals surface area contributed by atoms with Crippen molar-refractivity contribution >= 4 is 23.1 Å². The quantitative estimate of drug-likeness (QED) is 0.527. The van der Waals surface area contributed by atoms with Crippen LogP contribution in [-0.4, -0.2) is 31.1 Å². The number of fused-ring (bicyclic) bond motifs is 1. The maximum atomic E-state index is 13.6. The summed E-state index contributed by atoms with van der Waals surface area (Å²) in [6.45, 7) is 1.87. The molecule has 4 rings (SSSR count). The van der Waals surface area contributed by atoms with Crippen molar-refractivity contribution in [2.75, 3.05) is 24.9 Å². The Hall–Kier alpha value is -3.48. The summed E-state index contributed by atoms with van der Waals surface area (Å²) in [4.78, 5) is 26.0. The van der Waals surface area contributed by atoms with Crippen LogP contribution >= 0.6 is 0 Å². The molecule has 0 saturated heterocycles. The third kappa shape index (κ3) is 3.16. The minimum absolute atomic E-state index is 0.0511. The van der Waals surface area contributed by atoms with Crippen LogP contribution in [-0.2, 0) is 14.3 Å². The van der Waals surface area contributed by atoms with Gasteiger partial charge in [0, 0.05) is 16.8 Å². The van der Waals surface area contributed by atoms with E-state index < -0.39 is 17.9 Å². The molecule has 0 bridgehead atoms. The molecule has 3 atom stereocenters. The number of ketones is 1. The Morgan fingerprint density at radius 3 is 2.53 bits per heavy atom. The average Bonchev–Trinajstić information content (AvgIpc) is 2.90. The minimum atomic E-state index is -0.895. The van der Waals surface area contributed by atoms with Crippen LogP contribution in [0.2, 0.25) is 0 Å². The lowest BCUT2D eigenvalue weighted by molar-refractivity contribution is -0.151. The molecule has 30 heavy (non-hydrogen) atoms. The van der Waals surface area contributed by atoms with Gasteiger partial charge in [0.1, 0.15) is 5.92 Å². The minimum Gasteiger partial charge on any atom is -0.504 e. The van der Waals surface area contributed by atoms with Gasteiger partial charge in [-0.1, -0.05) is 31.2 Å². The van der Waals surface area contributed by atoms with Crippen molar-refractivity contribution in [1.82, 2.24) is 0 Å². The van der Waals surface area contributed by atoms with Crippen LogP contribution in [0.5, 0.6) is 11.5 Å². The summed E-state index contributed by atoms with van der Waals surface area (Å²) < 4.78 is 10.2. The summed E-state index contributed by atoms with van der Waals surface area (Å²) in [5, 5.41) is 17.6. The van der Waals surface area contributed by atoms with Crippen LogP contribution in [0, 0.1) is 11.8 Å². The molecule has 0 aromatic heterocycles. The highest BCUT2D eigenvalue weighted by Gasteiger charge is 2.44. The number of Topliss-reactive ketones (excluding diaryl/α,β-unsaturated/α-hetero) is 1. The molecular formula is C23H24N2O5. The molecule has 1 aliphatic carbocycles. The summed E-state index contributed by atoms with van der Waals surface area (Å²) in [5.74, 6) is -1.72. The lowest BCUT2D eigenvalue weighted by atomic mass is 9.74. The third-order valence-corrected chi connectivity index (χ3v) is 5.79. The highest BCUT2D eigenvalue weighted by Crippen LogP contribution is 2.46. The molecule has 0 radical (unpaired) electrons. The van der Waals surface area contributed by atoms with E-state index in [0.717, 1.165) is 17.1 Å². The number of ether oxygens (including phenoxy) is 2. The summed E-state index contributed by atoms with van der Waals surface area (Å²) >= 11 is 0. The number of para-hydroxylation sites is 3. The topological polar surface area (TPSA) is 96.9 Å². The summed E-state index contributed by atoms with van der Waals surface area (Å²) in [6.07, 6.45) is 0.498. The van der Waals surface area contributed by atoms with E-state index >= 15 is 0 Å². The van der Waals surface area contributed by atoms with Crippen molar-refractivity contribution in [3.63, 3.8) is 0 Å². The second-order valence-corrected chi connectivity index (χ2v) is 7.58. The Morgan fingerprint density at radius 2 is 1.83 bits per heavy atom. The van der Waals surface area contributed by atoms with Gasteiger partial charge >= 0.3 is 5.97 Å². The molecule has 2 aromatic carbocycles. The van der Waals surface area contributed by atoms with Gasteiger partial charge in [0.15, 0.2) is 17.3 Å². The zero-order valence-electron chi connectivity index (χ0n) is 17.1. The fourth-order valence-corrected chi connectivity index (χ4v) is 4.30. The van der Waals surface area contributed by atoms with Gasteiger partial charge in [-0.05, 0) is 30.5 Å². The first-order chi connectivity index (χ1) is 14.5. The van der Waals surface area contributed by atoms with Gasteiger partial charge in [0.05, 0.1) is 31.6 Å². The molecule has 7 nitrogen and oxygen atoms in total. The van der Waals surface area contributed by atoms with Crippen LogP contribution in [0.15, 0.2) is 53.7 Å². The lowest BCUT2D eigenvalue weighted by Crippen LogP contribution is -2.39. The van der Waals surface area contributed by atoms with Crippen molar-refractivity contribution in [3.05, 3.63) is 59.3 Å². The molecule has 0 fully saturated rings. The molecule has 0 saturated carbocycles. The van der Waals surface area contributed by atoms with E-state index in [4.69, 9.17) is 9.47 Å². The van der Waals surface area contributed by atoms with E-state index in [2.05, 4.69) is 10.6 Å². The number of allylic oxidation sites excluding steroid dienone is 1. The van der Waals surface area contributed by atoms with Crippen LogP contribution in [0.25, 0.3) is 0 Å². The molecule has 0 amide bonds. The number of carbonyl (C=O) groups is 2. The standard InChI is InChI=1S/C23H24N2O5/c1-12-11-16-19(22(27)18(12)23(28)30-3)20(13-7-6-10-17(29-2)21(13)26)25-15-9-5-4-8-14(15)24-16/h4-10,12,18,20,24-26H,11H2,1-3H3/t12-,18-,20-/m1/s1. The number of hydrogen-bond donors (Lipinski definition) is 3. The fourth-order valence-electron chi connectivity index (χ4n) is 4.30. The number of rotatable bonds is 3. The number of phenols is 1. The van der Waals surface area contributed by atoms with Gasteiger partial charge in [-0.2, -0.15) is 0 Å².